The number of thiophene rings is 1. The fourth-order valence-electron chi connectivity index (χ4n) is 3.95. The second-order valence-electron chi connectivity index (χ2n) is 7.64. The number of hydrogen-bond acceptors (Lipinski definition) is 5. The topological polar surface area (TPSA) is 55.8 Å². The summed E-state index contributed by atoms with van der Waals surface area (Å²) in [6.45, 7) is 1.67. The predicted octanol–water partition coefficient (Wildman–Crippen LogP) is 4.91. The highest BCUT2D eigenvalue weighted by Gasteiger charge is 2.26. The predicted molar refractivity (Wildman–Crippen MR) is 120 cm³/mol. The molecule has 156 valence electrons. The second-order valence-corrected chi connectivity index (χ2v) is 8.76. The van der Waals surface area contributed by atoms with Crippen LogP contribution in [0.1, 0.15) is 32.8 Å². The fourth-order valence-corrected chi connectivity index (χ4v) is 4.92. The van der Waals surface area contributed by atoms with Crippen LogP contribution >= 0.6 is 11.3 Å². The van der Waals surface area contributed by atoms with Crippen LogP contribution in [0, 0.1) is 0 Å². The highest BCUT2D eigenvalue weighted by atomic mass is 32.1. The molecule has 6 heteroatoms. The van der Waals surface area contributed by atoms with Gasteiger partial charge in [0, 0.05) is 34.0 Å². The summed E-state index contributed by atoms with van der Waals surface area (Å²) in [4.78, 5) is 28.6. The molecular formula is C25H21NO4S. The van der Waals surface area contributed by atoms with Gasteiger partial charge in [-0.1, -0.05) is 18.2 Å². The minimum absolute atomic E-state index is 0.0963. The van der Waals surface area contributed by atoms with Crippen molar-refractivity contribution >= 4 is 29.3 Å². The normalized spacial score (nSPS) is 16.7. The van der Waals surface area contributed by atoms with E-state index >= 15 is 0 Å². The molecule has 0 radical (unpaired) electrons. The zero-order valence-corrected chi connectivity index (χ0v) is 17.9. The van der Waals surface area contributed by atoms with E-state index < -0.39 is 0 Å². The van der Waals surface area contributed by atoms with Crippen LogP contribution in [-0.4, -0.2) is 30.4 Å². The van der Waals surface area contributed by atoms with E-state index in [2.05, 4.69) is 6.07 Å². The summed E-state index contributed by atoms with van der Waals surface area (Å²) in [6, 6.07) is 17.7. The van der Waals surface area contributed by atoms with E-state index in [9.17, 15) is 9.59 Å². The third-order valence-electron chi connectivity index (χ3n) is 5.66. The van der Waals surface area contributed by atoms with Gasteiger partial charge >= 0.3 is 5.97 Å². The standard InChI is InChI=1S/C25H21NO4S/c1-29-20-5-2-16(3-6-20)14-26-11-10-18(24(26)27)13-21-7-9-23(31-21)17-4-8-22-19(12-17)15-30-25(22)28/h2-9,12-13H,10-11,14-15H2,1H3/b18-13+. The molecule has 2 aromatic carbocycles. The Morgan fingerprint density at radius 2 is 1.94 bits per heavy atom. The highest BCUT2D eigenvalue weighted by molar-refractivity contribution is 7.16. The maximum absolute atomic E-state index is 12.9. The number of amides is 1. The van der Waals surface area contributed by atoms with Gasteiger partial charge in [-0.05, 0) is 60.0 Å². The van der Waals surface area contributed by atoms with E-state index in [-0.39, 0.29) is 11.9 Å². The molecule has 0 saturated carbocycles. The maximum atomic E-state index is 12.9. The molecule has 3 heterocycles. The van der Waals surface area contributed by atoms with Crippen molar-refractivity contribution in [1.29, 1.82) is 0 Å². The van der Waals surface area contributed by atoms with Crippen LogP contribution in [0.5, 0.6) is 5.75 Å². The molecule has 1 aromatic heterocycles. The Labute approximate surface area is 184 Å². The molecule has 31 heavy (non-hydrogen) atoms. The minimum atomic E-state index is -0.253. The molecule has 1 saturated heterocycles. The number of carbonyl (C=O) groups excluding carboxylic acids is 2. The van der Waals surface area contributed by atoms with Gasteiger partial charge in [0.2, 0.25) is 5.91 Å². The van der Waals surface area contributed by atoms with Crippen molar-refractivity contribution in [2.75, 3.05) is 13.7 Å². The van der Waals surface area contributed by atoms with Crippen molar-refractivity contribution in [1.82, 2.24) is 4.90 Å². The van der Waals surface area contributed by atoms with Crippen molar-refractivity contribution in [2.45, 2.75) is 19.6 Å². The molecule has 1 fully saturated rings. The van der Waals surface area contributed by atoms with Crippen molar-refractivity contribution in [3.8, 4) is 16.2 Å². The molecule has 0 unspecified atom stereocenters. The van der Waals surface area contributed by atoms with E-state index in [0.29, 0.717) is 18.7 Å². The summed E-state index contributed by atoms with van der Waals surface area (Å²) in [5, 5.41) is 0. The molecule has 0 N–H and O–H groups in total. The highest BCUT2D eigenvalue weighted by Crippen LogP contribution is 2.33. The van der Waals surface area contributed by atoms with E-state index in [0.717, 1.165) is 50.7 Å². The maximum Gasteiger partial charge on any atom is 0.338 e. The van der Waals surface area contributed by atoms with Gasteiger partial charge in [-0.2, -0.15) is 0 Å². The molecule has 5 nitrogen and oxygen atoms in total. The Bertz CT molecular complexity index is 1190. The summed E-state index contributed by atoms with van der Waals surface area (Å²) < 4.78 is 10.3. The van der Waals surface area contributed by atoms with Gasteiger partial charge in [0.15, 0.2) is 0 Å². The van der Waals surface area contributed by atoms with Gasteiger partial charge < -0.3 is 14.4 Å². The number of methoxy groups -OCH3 is 1. The number of benzene rings is 2. The molecule has 0 bridgehead atoms. The lowest BCUT2D eigenvalue weighted by Gasteiger charge is -2.15. The van der Waals surface area contributed by atoms with Crippen molar-refractivity contribution < 1.29 is 19.1 Å². The van der Waals surface area contributed by atoms with Crippen LogP contribution in [0.3, 0.4) is 0 Å². The Kier molecular flexibility index (Phi) is 5.08. The van der Waals surface area contributed by atoms with Crippen LogP contribution in [0.2, 0.25) is 0 Å². The number of esters is 1. The van der Waals surface area contributed by atoms with Crippen LogP contribution in [0.25, 0.3) is 16.5 Å². The Hall–Kier alpha value is -3.38. The SMILES string of the molecule is COc1ccc(CN2CC/C(=C\c3ccc(-c4ccc5c(c4)COC5=O)s3)C2=O)cc1. The van der Waals surface area contributed by atoms with E-state index in [4.69, 9.17) is 9.47 Å². The van der Waals surface area contributed by atoms with Crippen LogP contribution < -0.4 is 4.74 Å². The molecule has 0 aliphatic carbocycles. The van der Waals surface area contributed by atoms with E-state index in [1.54, 1.807) is 18.4 Å². The second kappa shape index (κ2) is 8.04. The summed E-state index contributed by atoms with van der Waals surface area (Å²) in [5.41, 5.74) is 4.57. The molecule has 2 aliphatic rings. The largest absolute Gasteiger partial charge is 0.497 e. The lowest BCUT2D eigenvalue weighted by molar-refractivity contribution is -0.125. The van der Waals surface area contributed by atoms with Crippen molar-refractivity contribution in [2.24, 2.45) is 0 Å². The number of fused-ring (bicyclic) bond motifs is 1. The number of likely N-dealkylation sites (tertiary alicyclic amines) is 1. The van der Waals surface area contributed by atoms with Crippen LogP contribution in [0.4, 0.5) is 0 Å². The van der Waals surface area contributed by atoms with Crippen molar-refractivity contribution in [3.63, 3.8) is 0 Å². The average Bonchev–Trinajstić information content (AvgIpc) is 3.50. The lowest BCUT2D eigenvalue weighted by Crippen LogP contribution is -2.24. The number of ether oxygens (including phenoxy) is 2. The third kappa shape index (κ3) is 3.86. The smallest absolute Gasteiger partial charge is 0.338 e. The Balaban J connectivity index is 1.30. The summed E-state index contributed by atoms with van der Waals surface area (Å²) >= 11 is 1.64. The number of nitrogens with zero attached hydrogens (tertiary/aromatic N) is 1. The zero-order chi connectivity index (χ0) is 21.4. The fraction of sp³-hybridized carbons (Fsp3) is 0.200. The number of hydrogen-bond donors (Lipinski definition) is 0. The Morgan fingerprint density at radius 3 is 2.74 bits per heavy atom. The van der Waals surface area contributed by atoms with Gasteiger partial charge in [0.1, 0.15) is 12.4 Å². The molecular weight excluding hydrogens is 410 g/mol. The zero-order valence-electron chi connectivity index (χ0n) is 17.1. The third-order valence-corrected chi connectivity index (χ3v) is 6.74. The van der Waals surface area contributed by atoms with E-state index in [1.807, 2.05) is 59.5 Å². The molecule has 3 aromatic rings. The summed E-state index contributed by atoms with van der Waals surface area (Å²) in [7, 11) is 1.64. The van der Waals surface area contributed by atoms with Gasteiger partial charge in [0.25, 0.3) is 0 Å². The average molecular weight is 432 g/mol. The number of rotatable bonds is 5. The van der Waals surface area contributed by atoms with Gasteiger partial charge in [-0.25, -0.2) is 4.79 Å². The quantitative estimate of drug-likeness (QED) is 0.425. The molecule has 0 atom stereocenters. The minimum Gasteiger partial charge on any atom is -0.497 e. The first-order valence-electron chi connectivity index (χ1n) is 10.1. The van der Waals surface area contributed by atoms with Crippen LogP contribution in [0.15, 0.2) is 60.2 Å². The first-order valence-corrected chi connectivity index (χ1v) is 11.0. The monoisotopic (exact) mass is 431 g/mol. The van der Waals surface area contributed by atoms with Gasteiger partial charge in [-0.15, -0.1) is 11.3 Å². The summed E-state index contributed by atoms with van der Waals surface area (Å²) in [6.07, 6.45) is 2.76. The van der Waals surface area contributed by atoms with Gasteiger partial charge in [-0.3, -0.25) is 4.79 Å². The summed E-state index contributed by atoms with van der Waals surface area (Å²) in [5.74, 6) is 0.657. The van der Waals surface area contributed by atoms with E-state index in [1.165, 1.54) is 0 Å². The Morgan fingerprint density at radius 1 is 1.10 bits per heavy atom. The molecule has 5 rings (SSSR count). The van der Waals surface area contributed by atoms with Crippen molar-refractivity contribution in [3.05, 3.63) is 81.7 Å². The van der Waals surface area contributed by atoms with Gasteiger partial charge in [0.05, 0.1) is 12.7 Å². The molecule has 0 spiro atoms. The first-order chi connectivity index (χ1) is 15.1. The molecule has 1 amide bonds. The molecule has 2 aliphatic heterocycles. The first kappa shape index (κ1) is 19.6. The lowest BCUT2D eigenvalue weighted by atomic mass is 10.1. The number of cyclic esters (lactones) is 1. The van der Waals surface area contributed by atoms with Crippen LogP contribution in [-0.2, 0) is 22.7 Å². The number of carbonyl (C=O) groups is 2.